The Balaban J connectivity index is 2.28. The van der Waals surface area contributed by atoms with Crippen molar-refractivity contribution in [3.8, 4) is 0 Å². The van der Waals surface area contributed by atoms with Gasteiger partial charge in [-0.25, -0.2) is 9.59 Å². The number of anilines is 1. The van der Waals surface area contributed by atoms with Crippen LogP contribution in [0.5, 0.6) is 0 Å². The number of carbonyl (C=O) groups is 3. The number of rotatable bonds is 3. The molecule has 0 bridgehead atoms. The lowest BCUT2D eigenvalue weighted by Crippen LogP contribution is -2.37. The van der Waals surface area contributed by atoms with Crippen molar-refractivity contribution in [2.75, 3.05) is 25.5 Å². The Kier molecular flexibility index (Phi) is 5.15. The number of carbonyl (C=O) groups excluding carboxylic acids is 2. The van der Waals surface area contributed by atoms with Gasteiger partial charge in [0.2, 0.25) is 0 Å². The first kappa shape index (κ1) is 19.5. The van der Waals surface area contributed by atoms with Crippen molar-refractivity contribution >= 4 is 23.7 Å². The molecule has 1 aromatic carbocycles. The van der Waals surface area contributed by atoms with Gasteiger partial charge in [-0.15, -0.1) is 0 Å². The first-order valence-corrected chi connectivity index (χ1v) is 7.57. The molecule has 2 amide bonds. The highest BCUT2D eigenvalue weighted by Crippen LogP contribution is 2.34. The van der Waals surface area contributed by atoms with Crippen molar-refractivity contribution in [2.45, 2.75) is 19.5 Å². The molecule has 142 valence electrons. The number of alkyl halides is 3. The summed E-state index contributed by atoms with van der Waals surface area (Å²) in [6.45, 7) is 1.51. The van der Waals surface area contributed by atoms with Crippen LogP contribution < -0.4 is 5.32 Å². The van der Waals surface area contributed by atoms with Crippen LogP contribution in [0.2, 0.25) is 0 Å². The standard InChI is InChI=1S/C16H17F3N2O5/c1-15(13(23)24)5-6-21(8-15)14(25)20-11-7-9(16(17,18)19)3-4-10(11)12(22)26-2/h3-4,7H,5-6,8H2,1-2H3,(H,20,25)(H,23,24). The Bertz CT molecular complexity index is 750. The molecule has 1 aliphatic heterocycles. The van der Waals surface area contributed by atoms with Crippen LogP contribution in [0.25, 0.3) is 0 Å². The minimum absolute atomic E-state index is 0.0965. The number of methoxy groups -OCH3 is 1. The summed E-state index contributed by atoms with van der Waals surface area (Å²) in [5.74, 6) is -1.98. The molecule has 0 saturated carbocycles. The van der Waals surface area contributed by atoms with Crippen LogP contribution in [0.3, 0.4) is 0 Å². The van der Waals surface area contributed by atoms with Gasteiger partial charge in [-0.3, -0.25) is 4.79 Å². The van der Waals surface area contributed by atoms with Gasteiger partial charge in [0.25, 0.3) is 0 Å². The van der Waals surface area contributed by atoms with Gasteiger partial charge < -0.3 is 20.1 Å². The molecule has 0 radical (unpaired) electrons. The van der Waals surface area contributed by atoms with E-state index in [0.717, 1.165) is 13.2 Å². The van der Waals surface area contributed by atoms with Crippen LogP contribution in [-0.2, 0) is 15.7 Å². The second-order valence-electron chi connectivity index (χ2n) is 6.22. The van der Waals surface area contributed by atoms with E-state index < -0.39 is 35.1 Å². The van der Waals surface area contributed by atoms with E-state index in [-0.39, 0.29) is 30.8 Å². The second-order valence-corrected chi connectivity index (χ2v) is 6.22. The van der Waals surface area contributed by atoms with Gasteiger partial charge in [-0.1, -0.05) is 0 Å². The van der Waals surface area contributed by atoms with Crippen LogP contribution in [0.15, 0.2) is 18.2 Å². The first-order valence-electron chi connectivity index (χ1n) is 7.57. The molecule has 2 rings (SSSR count). The van der Waals surface area contributed by atoms with E-state index in [9.17, 15) is 32.7 Å². The Hall–Kier alpha value is -2.78. The largest absolute Gasteiger partial charge is 0.481 e. The van der Waals surface area contributed by atoms with E-state index in [4.69, 9.17) is 0 Å². The zero-order valence-corrected chi connectivity index (χ0v) is 14.0. The zero-order valence-electron chi connectivity index (χ0n) is 14.0. The van der Waals surface area contributed by atoms with Crippen LogP contribution in [0, 0.1) is 5.41 Å². The molecule has 0 spiro atoms. The predicted molar refractivity (Wildman–Crippen MR) is 83.7 cm³/mol. The van der Waals surface area contributed by atoms with Crippen molar-refractivity contribution in [3.63, 3.8) is 0 Å². The number of amides is 2. The molecular weight excluding hydrogens is 357 g/mol. The van der Waals surface area contributed by atoms with E-state index in [0.29, 0.717) is 12.1 Å². The topological polar surface area (TPSA) is 95.9 Å². The number of benzene rings is 1. The van der Waals surface area contributed by atoms with Gasteiger partial charge in [-0.05, 0) is 31.5 Å². The zero-order chi connectivity index (χ0) is 19.7. The van der Waals surface area contributed by atoms with Gasteiger partial charge in [0.15, 0.2) is 0 Å². The number of nitrogens with one attached hydrogen (secondary N) is 1. The normalized spacial score (nSPS) is 20.0. The molecule has 0 aliphatic carbocycles. The number of hydrogen-bond acceptors (Lipinski definition) is 4. The van der Waals surface area contributed by atoms with Crippen LogP contribution in [0.1, 0.15) is 29.3 Å². The molecular formula is C16H17F3N2O5. The number of halogens is 3. The molecule has 1 atom stereocenters. The third kappa shape index (κ3) is 3.89. The number of ether oxygens (including phenoxy) is 1. The summed E-state index contributed by atoms with van der Waals surface area (Å²) in [5, 5.41) is 11.4. The summed E-state index contributed by atoms with van der Waals surface area (Å²) in [6, 6.07) is 1.46. The Morgan fingerprint density at radius 1 is 1.31 bits per heavy atom. The number of esters is 1. The van der Waals surface area contributed by atoms with Crippen molar-refractivity contribution in [2.24, 2.45) is 5.41 Å². The van der Waals surface area contributed by atoms with Gasteiger partial charge in [0.05, 0.1) is 29.3 Å². The maximum Gasteiger partial charge on any atom is 0.416 e. The summed E-state index contributed by atoms with van der Waals surface area (Å²) in [6.07, 6.45) is -4.45. The number of carboxylic acids is 1. The number of hydrogen-bond donors (Lipinski definition) is 2. The smallest absolute Gasteiger partial charge is 0.416 e. The number of carboxylic acid groups (broad SMARTS) is 1. The molecule has 1 aromatic rings. The molecule has 26 heavy (non-hydrogen) atoms. The third-order valence-electron chi connectivity index (χ3n) is 4.27. The van der Waals surface area contributed by atoms with E-state index in [1.165, 1.54) is 11.8 Å². The lowest BCUT2D eigenvalue weighted by Gasteiger charge is -2.21. The van der Waals surface area contributed by atoms with Gasteiger partial charge >= 0.3 is 24.1 Å². The molecule has 1 saturated heterocycles. The summed E-state index contributed by atoms with van der Waals surface area (Å²) < 4.78 is 43.2. The fraction of sp³-hybridized carbons (Fsp3) is 0.438. The average molecular weight is 374 g/mol. The fourth-order valence-corrected chi connectivity index (χ4v) is 2.62. The number of likely N-dealkylation sites (tertiary alicyclic amines) is 1. The molecule has 7 nitrogen and oxygen atoms in total. The summed E-state index contributed by atoms with van der Waals surface area (Å²) in [5.41, 5.74) is -2.78. The highest BCUT2D eigenvalue weighted by Gasteiger charge is 2.42. The molecule has 1 unspecified atom stereocenters. The van der Waals surface area contributed by atoms with Crippen LogP contribution in [-0.4, -0.2) is 48.2 Å². The minimum Gasteiger partial charge on any atom is -0.481 e. The molecule has 1 heterocycles. The highest BCUT2D eigenvalue weighted by molar-refractivity contribution is 6.01. The number of urea groups is 1. The SMILES string of the molecule is COC(=O)c1ccc(C(F)(F)F)cc1NC(=O)N1CCC(C)(C(=O)O)C1. The van der Waals surface area contributed by atoms with E-state index >= 15 is 0 Å². The third-order valence-corrected chi connectivity index (χ3v) is 4.27. The fourth-order valence-electron chi connectivity index (χ4n) is 2.62. The van der Waals surface area contributed by atoms with E-state index in [1.807, 2.05) is 0 Å². The van der Waals surface area contributed by atoms with Crippen molar-refractivity contribution in [1.82, 2.24) is 4.90 Å². The average Bonchev–Trinajstić information content (AvgIpc) is 2.97. The van der Waals surface area contributed by atoms with Crippen molar-refractivity contribution in [3.05, 3.63) is 29.3 Å². The predicted octanol–water partition coefficient (Wildman–Crippen LogP) is 2.82. The number of nitrogens with zero attached hydrogens (tertiary/aromatic N) is 1. The second kappa shape index (κ2) is 6.85. The molecule has 0 aromatic heterocycles. The van der Waals surface area contributed by atoms with Crippen molar-refractivity contribution in [1.29, 1.82) is 0 Å². The molecule has 1 aliphatic rings. The molecule has 2 N–H and O–H groups in total. The van der Waals surface area contributed by atoms with Gasteiger partial charge in [0.1, 0.15) is 0 Å². The van der Waals surface area contributed by atoms with Crippen molar-refractivity contribution < 1.29 is 37.4 Å². The maximum atomic E-state index is 12.9. The summed E-state index contributed by atoms with van der Waals surface area (Å²) in [7, 11) is 1.06. The lowest BCUT2D eigenvalue weighted by atomic mass is 9.90. The van der Waals surface area contributed by atoms with Gasteiger partial charge in [-0.2, -0.15) is 13.2 Å². The first-order chi connectivity index (χ1) is 12.0. The van der Waals surface area contributed by atoms with Crippen LogP contribution >= 0.6 is 0 Å². The highest BCUT2D eigenvalue weighted by atomic mass is 19.4. The summed E-state index contributed by atoms with van der Waals surface area (Å²) >= 11 is 0. The maximum absolute atomic E-state index is 12.9. The Morgan fingerprint density at radius 2 is 1.96 bits per heavy atom. The monoisotopic (exact) mass is 374 g/mol. The van der Waals surface area contributed by atoms with Gasteiger partial charge in [0, 0.05) is 13.1 Å². The van der Waals surface area contributed by atoms with E-state index in [2.05, 4.69) is 10.1 Å². The van der Waals surface area contributed by atoms with Crippen LogP contribution in [0.4, 0.5) is 23.7 Å². The summed E-state index contributed by atoms with van der Waals surface area (Å²) in [4.78, 5) is 36.5. The minimum atomic E-state index is -4.66. The Morgan fingerprint density at radius 3 is 2.46 bits per heavy atom. The molecule has 10 heteroatoms. The number of aliphatic carboxylic acids is 1. The van der Waals surface area contributed by atoms with E-state index in [1.54, 1.807) is 0 Å². The molecule has 1 fully saturated rings. The lowest BCUT2D eigenvalue weighted by molar-refractivity contribution is -0.147. The quantitative estimate of drug-likeness (QED) is 0.793. The Labute approximate surface area is 146 Å².